The first-order valence-corrected chi connectivity index (χ1v) is 10.1. The molecule has 0 aliphatic carbocycles. The van der Waals surface area contributed by atoms with Crippen LogP contribution in [0.1, 0.15) is 43.5 Å². The Morgan fingerprint density at radius 1 is 1.03 bits per heavy atom. The highest BCUT2D eigenvalue weighted by molar-refractivity contribution is 5.96. The van der Waals surface area contributed by atoms with Crippen LogP contribution in [0.4, 0.5) is 0 Å². The van der Waals surface area contributed by atoms with Crippen LogP contribution in [0, 0.1) is 0 Å². The SMILES string of the molecule is CCOC(=O)[C@@H]1CCCCN1C(=O)COC(=O)CNC(=O)c1ccc(OCC)cc1. The Kier molecular flexibility index (Phi) is 9.11. The highest BCUT2D eigenvalue weighted by atomic mass is 16.5. The molecule has 2 amide bonds. The number of hydrogen-bond acceptors (Lipinski definition) is 7. The maximum atomic E-state index is 12.4. The van der Waals surface area contributed by atoms with Gasteiger partial charge in [-0.25, -0.2) is 4.79 Å². The predicted molar refractivity (Wildman–Crippen MR) is 107 cm³/mol. The van der Waals surface area contributed by atoms with Crippen LogP contribution in [-0.2, 0) is 23.9 Å². The number of nitrogens with one attached hydrogen (secondary N) is 1. The number of hydrogen-bond donors (Lipinski definition) is 1. The summed E-state index contributed by atoms with van der Waals surface area (Å²) in [6.45, 7) is 3.87. The van der Waals surface area contributed by atoms with E-state index in [1.54, 1.807) is 31.2 Å². The van der Waals surface area contributed by atoms with E-state index >= 15 is 0 Å². The zero-order chi connectivity index (χ0) is 21.9. The third kappa shape index (κ3) is 6.75. The Morgan fingerprint density at radius 2 is 1.77 bits per heavy atom. The molecule has 9 nitrogen and oxygen atoms in total. The smallest absolute Gasteiger partial charge is 0.328 e. The Bertz CT molecular complexity index is 748. The number of amides is 2. The van der Waals surface area contributed by atoms with E-state index in [1.165, 1.54) is 4.90 Å². The normalized spacial score (nSPS) is 15.8. The van der Waals surface area contributed by atoms with E-state index in [1.807, 2.05) is 6.92 Å². The molecule has 0 spiro atoms. The zero-order valence-electron chi connectivity index (χ0n) is 17.3. The van der Waals surface area contributed by atoms with Gasteiger partial charge in [-0.2, -0.15) is 0 Å². The number of carbonyl (C=O) groups excluding carboxylic acids is 4. The average Bonchev–Trinajstić information content (AvgIpc) is 2.76. The Balaban J connectivity index is 1.78. The van der Waals surface area contributed by atoms with Gasteiger partial charge in [0.15, 0.2) is 6.61 Å². The van der Waals surface area contributed by atoms with E-state index in [0.717, 1.165) is 12.8 Å². The maximum absolute atomic E-state index is 12.4. The number of esters is 2. The van der Waals surface area contributed by atoms with E-state index in [-0.39, 0.29) is 13.2 Å². The fraction of sp³-hybridized carbons (Fsp3) is 0.524. The van der Waals surface area contributed by atoms with Crippen LogP contribution >= 0.6 is 0 Å². The van der Waals surface area contributed by atoms with E-state index in [2.05, 4.69) is 5.32 Å². The first-order valence-electron chi connectivity index (χ1n) is 10.1. The average molecular weight is 420 g/mol. The minimum Gasteiger partial charge on any atom is -0.494 e. The minimum atomic E-state index is -0.743. The number of benzene rings is 1. The van der Waals surface area contributed by atoms with Crippen molar-refractivity contribution >= 4 is 23.8 Å². The van der Waals surface area contributed by atoms with Gasteiger partial charge in [-0.1, -0.05) is 0 Å². The fourth-order valence-corrected chi connectivity index (χ4v) is 3.11. The molecule has 1 heterocycles. The summed E-state index contributed by atoms with van der Waals surface area (Å²) in [5, 5.41) is 2.44. The van der Waals surface area contributed by atoms with Gasteiger partial charge < -0.3 is 24.4 Å². The molecule has 0 aromatic heterocycles. The summed E-state index contributed by atoms with van der Waals surface area (Å²) in [5.74, 6) is -1.45. The van der Waals surface area contributed by atoms with Crippen LogP contribution in [0.15, 0.2) is 24.3 Å². The first-order chi connectivity index (χ1) is 14.5. The summed E-state index contributed by atoms with van der Waals surface area (Å²) in [6, 6.07) is 5.84. The molecule has 1 aromatic rings. The second kappa shape index (κ2) is 11.8. The van der Waals surface area contributed by atoms with Crippen molar-refractivity contribution < 1.29 is 33.4 Å². The van der Waals surface area contributed by atoms with Crippen molar-refractivity contribution in [2.24, 2.45) is 0 Å². The Labute approximate surface area is 175 Å². The van der Waals surface area contributed by atoms with Crippen molar-refractivity contribution in [1.29, 1.82) is 0 Å². The second-order valence-electron chi connectivity index (χ2n) is 6.65. The highest BCUT2D eigenvalue weighted by Crippen LogP contribution is 2.18. The molecule has 0 saturated carbocycles. The van der Waals surface area contributed by atoms with Crippen molar-refractivity contribution in [2.45, 2.75) is 39.2 Å². The molecular formula is C21H28N2O7. The molecule has 0 radical (unpaired) electrons. The lowest BCUT2D eigenvalue weighted by atomic mass is 10.0. The number of nitrogens with zero attached hydrogens (tertiary/aromatic N) is 1. The van der Waals surface area contributed by atoms with Gasteiger partial charge in [0.2, 0.25) is 0 Å². The van der Waals surface area contributed by atoms with E-state index in [0.29, 0.717) is 30.9 Å². The molecule has 1 saturated heterocycles. The van der Waals surface area contributed by atoms with Crippen LogP contribution in [0.3, 0.4) is 0 Å². The number of piperidine rings is 1. The van der Waals surface area contributed by atoms with Crippen molar-refractivity contribution in [1.82, 2.24) is 10.2 Å². The van der Waals surface area contributed by atoms with Crippen molar-refractivity contribution in [3.8, 4) is 5.75 Å². The monoisotopic (exact) mass is 420 g/mol. The molecule has 30 heavy (non-hydrogen) atoms. The molecule has 9 heteroatoms. The fourth-order valence-electron chi connectivity index (χ4n) is 3.11. The maximum Gasteiger partial charge on any atom is 0.328 e. The van der Waals surface area contributed by atoms with Crippen LogP contribution in [0.25, 0.3) is 0 Å². The van der Waals surface area contributed by atoms with Gasteiger partial charge >= 0.3 is 11.9 Å². The molecule has 2 rings (SSSR count). The largest absolute Gasteiger partial charge is 0.494 e. The molecule has 1 aliphatic rings. The molecule has 1 aromatic carbocycles. The molecule has 1 atom stereocenters. The zero-order valence-corrected chi connectivity index (χ0v) is 17.3. The molecule has 0 bridgehead atoms. The van der Waals surface area contributed by atoms with Gasteiger partial charge in [-0.3, -0.25) is 14.4 Å². The van der Waals surface area contributed by atoms with E-state index in [4.69, 9.17) is 14.2 Å². The first kappa shape index (κ1) is 23.2. The number of carbonyl (C=O) groups is 4. The van der Waals surface area contributed by atoms with Crippen molar-refractivity contribution in [3.05, 3.63) is 29.8 Å². The van der Waals surface area contributed by atoms with Crippen LogP contribution in [0.5, 0.6) is 5.75 Å². The molecule has 164 valence electrons. The predicted octanol–water partition coefficient (Wildman–Crippen LogP) is 1.30. The van der Waals surface area contributed by atoms with Gasteiger partial charge in [0, 0.05) is 12.1 Å². The number of rotatable bonds is 9. The van der Waals surface area contributed by atoms with Gasteiger partial charge in [-0.15, -0.1) is 0 Å². The third-order valence-electron chi connectivity index (χ3n) is 4.56. The van der Waals surface area contributed by atoms with Gasteiger partial charge in [0.05, 0.1) is 13.2 Å². The summed E-state index contributed by atoms with van der Waals surface area (Å²) < 4.78 is 15.3. The van der Waals surface area contributed by atoms with Gasteiger partial charge in [0.25, 0.3) is 11.8 Å². The van der Waals surface area contributed by atoms with E-state index in [9.17, 15) is 19.2 Å². The van der Waals surface area contributed by atoms with Gasteiger partial charge in [0.1, 0.15) is 18.3 Å². The van der Waals surface area contributed by atoms with Crippen molar-refractivity contribution in [3.63, 3.8) is 0 Å². The topological polar surface area (TPSA) is 111 Å². The summed E-state index contributed by atoms with van der Waals surface area (Å²) in [5.41, 5.74) is 0.368. The lowest BCUT2D eigenvalue weighted by Gasteiger charge is -2.33. The third-order valence-corrected chi connectivity index (χ3v) is 4.56. The van der Waals surface area contributed by atoms with Crippen LogP contribution < -0.4 is 10.1 Å². The second-order valence-corrected chi connectivity index (χ2v) is 6.65. The molecule has 1 fully saturated rings. The Morgan fingerprint density at radius 3 is 2.43 bits per heavy atom. The molecule has 1 N–H and O–H groups in total. The molecule has 1 aliphatic heterocycles. The lowest BCUT2D eigenvalue weighted by Crippen LogP contribution is -2.50. The van der Waals surface area contributed by atoms with E-state index < -0.39 is 36.4 Å². The van der Waals surface area contributed by atoms with Crippen molar-refractivity contribution in [2.75, 3.05) is 32.9 Å². The number of likely N-dealkylation sites (tertiary alicyclic amines) is 1. The summed E-state index contributed by atoms with van der Waals surface area (Å²) in [6.07, 6.45) is 2.12. The van der Waals surface area contributed by atoms with Crippen LogP contribution in [-0.4, -0.2) is 67.6 Å². The molecular weight excluding hydrogens is 392 g/mol. The highest BCUT2D eigenvalue weighted by Gasteiger charge is 2.33. The molecule has 0 unspecified atom stereocenters. The number of ether oxygens (including phenoxy) is 3. The van der Waals surface area contributed by atoms with Gasteiger partial charge in [-0.05, 0) is 57.4 Å². The quantitative estimate of drug-likeness (QED) is 0.600. The lowest BCUT2D eigenvalue weighted by molar-refractivity contribution is -0.160. The Hall–Kier alpha value is -3.10. The van der Waals surface area contributed by atoms with Crippen LogP contribution in [0.2, 0.25) is 0 Å². The summed E-state index contributed by atoms with van der Waals surface area (Å²) in [7, 11) is 0. The summed E-state index contributed by atoms with van der Waals surface area (Å²) >= 11 is 0. The minimum absolute atomic E-state index is 0.237. The standard InChI is InChI=1S/C21H28N2O7/c1-3-28-16-10-8-15(9-11-16)20(26)22-13-19(25)30-14-18(24)23-12-6-5-7-17(23)21(27)29-4-2/h8-11,17H,3-7,12-14H2,1-2H3,(H,22,26)/t17-/m0/s1. The summed E-state index contributed by atoms with van der Waals surface area (Å²) in [4.78, 5) is 49.8.